The molecular weight excluding hydrogens is 250 g/mol. The average molecular weight is 267 g/mol. The topological polar surface area (TPSA) is 69.6 Å². The van der Waals surface area contributed by atoms with Gasteiger partial charge in [0, 0.05) is 18.3 Å². The largest absolute Gasteiger partial charge is 0.331 e. The van der Waals surface area contributed by atoms with Gasteiger partial charge in [0.2, 0.25) is 0 Å². The molecular formula is C15H17N5. The van der Waals surface area contributed by atoms with E-state index in [2.05, 4.69) is 37.7 Å². The van der Waals surface area contributed by atoms with Crippen molar-refractivity contribution in [2.45, 2.75) is 20.4 Å². The van der Waals surface area contributed by atoms with Crippen LogP contribution in [-0.4, -0.2) is 19.5 Å². The van der Waals surface area contributed by atoms with Crippen molar-refractivity contribution < 1.29 is 0 Å². The number of benzene rings is 1. The van der Waals surface area contributed by atoms with E-state index >= 15 is 0 Å². The zero-order valence-electron chi connectivity index (χ0n) is 11.9. The Bertz CT molecular complexity index is 788. The van der Waals surface area contributed by atoms with Gasteiger partial charge in [-0.2, -0.15) is 0 Å². The van der Waals surface area contributed by atoms with E-state index in [1.54, 1.807) is 0 Å². The van der Waals surface area contributed by atoms with Crippen LogP contribution in [0.1, 0.15) is 17.3 Å². The van der Waals surface area contributed by atoms with Crippen LogP contribution in [0.25, 0.3) is 22.3 Å². The summed E-state index contributed by atoms with van der Waals surface area (Å²) in [5, 5.41) is 0. The first-order valence-corrected chi connectivity index (χ1v) is 6.56. The molecule has 5 heteroatoms. The van der Waals surface area contributed by atoms with Gasteiger partial charge in [-0.1, -0.05) is 6.07 Å². The SMILES string of the molecule is Cc1cc(-c2ccc3c(c2)nc(C)n3C)nc(CN)n1. The monoisotopic (exact) mass is 267 g/mol. The molecule has 0 saturated carbocycles. The van der Waals surface area contributed by atoms with Crippen molar-refractivity contribution in [1.29, 1.82) is 0 Å². The highest BCUT2D eigenvalue weighted by molar-refractivity contribution is 5.81. The molecule has 102 valence electrons. The highest BCUT2D eigenvalue weighted by Gasteiger charge is 2.08. The molecule has 0 aliphatic carbocycles. The van der Waals surface area contributed by atoms with Crippen LogP contribution >= 0.6 is 0 Å². The Kier molecular flexibility index (Phi) is 2.99. The smallest absolute Gasteiger partial charge is 0.142 e. The van der Waals surface area contributed by atoms with Crippen LogP contribution in [0.5, 0.6) is 0 Å². The van der Waals surface area contributed by atoms with Gasteiger partial charge < -0.3 is 10.3 Å². The lowest BCUT2D eigenvalue weighted by molar-refractivity contribution is 0.886. The van der Waals surface area contributed by atoms with Gasteiger partial charge in [-0.15, -0.1) is 0 Å². The number of aromatic nitrogens is 4. The lowest BCUT2D eigenvalue weighted by Gasteiger charge is -2.05. The molecule has 0 saturated heterocycles. The quantitative estimate of drug-likeness (QED) is 0.772. The van der Waals surface area contributed by atoms with E-state index in [4.69, 9.17) is 5.73 Å². The predicted octanol–water partition coefficient (Wildman–Crippen LogP) is 2.11. The van der Waals surface area contributed by atoms with Crippen LogP contribution in [0.3, 0.4) is 0 Å². The lowest BCUT2D eigenvalue weighted by atomic mass is 10.1. The summed E-state index contributed by atoms with van der Waals surface area (Å²) in [7, 11) is 2.02. The zero-order chi connectivity index (χ0) is 14.3. The maximum atomic E-state index is 5.64. The minimum absolute atomic E-state index is 0.347. The standard InChI is InChI=1S/C15H17N5/c1-9-6-12(19-15(8-16)17-9)11-4-5-14-13(7-11)18-10(2)20(14)3/h4-7H,8,16H2,1-3H3. The summed E-state index contributed by atoms with van der Waals surface area (Å²) in [6, 6.07) is 8.16. The molecule has 0 spiro atoms. The second-order valence-electron chi connectivity index (χ2n) is 4.94. The molecule has 0 amide bonds. The molecule has 3 aromatic rings. The third-order valence-electron chi connectivity index (χ3n) is 3.48. The number of imidazole rings is 1. The number of aryl methyl sites for hydroxylation is 3. The van der Waals surface area contributed by atoms with E-state index in [1.165, 1.54) is 0 Å². The Hall–Kier alpha value is -2.27. The summed E-state index contributed by atoms with van der Waals surface area (Å²) in [5.74, 6) is 1.66. The van der Waals surface area contributed by atoms with E-state index < -0.39 is 0 Å². The van der Waals surface area contributed by atoms with Gasteiger partial charge in [-0.25, -0.2) is 15.0 Å². The molecule has 0 atom stereocenters. The van der Waals surface area contributed by atoms with Crippen LogP contribution in [0.15, 0.2) is 24.3 Å². The van der Waals surface area contributed by atoms with Gasteiger partial charge in [0.15, 0.2) is 0 Å². The third-order valence-corrected chi connectivity index (χ3v) is 3.48. The van der Waals surface area contributed by atoms with Crippen molar-refractivity contribution in [2.75, 3.05) is 0 Å². The number of fused-ring (bicyclic) bond motifs is 1. The van der Waals surface area contributed by atoms with Gasteiger partial charge in [0.25, 0.3) is 0 Å². The van der Waals surface area contributed by atoms with Crippen molar-refractivity contribution in [2.24, 2.45) is 12.8 Å². The Balaban J connectivity index is 2.17. The summed E-state index contributed by atoms with van der Waals surface area (Å²) in [4.78, 5) is 13.3. The zero-order valence-corrected chi connectivity index (χ0v) is 11.9. The van der Waals surface area contributed by atoms with Crippen molar-refractivity contribution in [3.63, 3.8) is 0 Å². The number of hydrogen-bond donors (Lipinski definition) is 1. The number of hydrogen-bond acceptors (Lipinski definition) is 4. The summed E-state index contributed by atoms with van der Waals surface area (Å²) in [6.45, 7) is 4.30. The molecule has 0 aliphatic heterocycles. The van der Waals surface area contributed by atoms with Gasteiger partial charge in [0.05, 0.1) is 23.3 Å². The van der Waals surface area contributed by atoms with E-state index in [1.807, 2.05) is 27.0 Å². The van der Waals surface area contributed by atoms with Gasteiger partial charge in [0.1, 0.15) is 11.6 Å². The first-order valence-electron chi connectivity index (χ1n) is 6.56. The molecule has 20 heavy (non-hydrogen) atoms. The van der Waals surface area contributed by atoms with E-state index in [-0.39, 0.29) is 0 Å². The van der Waals surface area contributed by atoms with Gasteiger partial charge in [-0.3, -0.25) is 0 Å². The van der Waals surface area contributed by atoms with Crippen LogP contribution in [0.2, 0.25) is 0 Å². The molecule has 3 rings (SSSR count). The summed E-state index contributed by atoms with van der Waals surface area (Å²) < 4.78 is 2.08. The molecule has 0 bridgehead atoms. The van der Waals surface area contributed by atoms with E-state index in [9.17, 15) is 0 Å². The molecule has 2 aromatic heterocycles. The second-order valence-corrected chi connectivity index (χ2v) is 4.94. The Morgan fingerprint density at radius 1 is 1.10 bits per heavy atom. The van der Waals surface area contributed by atoms with E-state index in [0.717, 1.165) is 33.8 Å². The number of nitrogens with zero attached hydrogens (tertiary/aromatic N) is 4. The van der Waals surface area contributed by atoms with Crippen molar-refractivity contribution in [3.05, 3.63) is 41.6 Å². The van der Waals surface area contributed by atoms with Crippen LogP contribution in [-0.2, 0) is 13.6 Å². The van der Waals surface area contributed by atoms with Gasteiger partial charge in [-0.05, 0) is 32.0 Å². The maximum Gasteiger partial charge on any atom is 0.142 e. The summed E-state index contributed by atoms with van der Waals surface area (Å²) in [5.41, 5.74) is 10.6. The normalized spacial score (nSPS) is 11.2. The fourth-order valence-electron chi connectivity index (χ4n) is 2.35. The Morgan fingerprint density at radius 2 is 1.90 bits per heavy atom. The minimum atomic E-state index is 0.347. The fraction of sp³-hybridized carbons (Fsp3) is 0.267. The molecule has 5 nitrogen and oxygen atoms in total. The van der Waals surface area contributed by atoms with Crippen LogP contribution in [0.4, 0.5) is 0 Å². The highest BCUT2D eigenvalue weighted by atomic mass is 15.0. The van der Waals surface area contributed by atoms with Crippen molar-refractivity contribution in [3.8, 4) is 11.3 Å². The third kappa shape index (κ3) is 2.06. The molecule has 0 unspecified atom stereocenters. The molecule has 0 fully saturated rings. The number of nitrogens with two attached hydrogens (primary N) is 1. The van der Waals surface area contributed by atoms with Crippen molar-refractivity contribution in [1.82, 2.24) is 19.5 Å². The first kappa shape index (κ1) is 12.7. The first-order chi connectivity index (χ1) is 9.58. The molecule has 2 N–H and O–H groups in total. The number of rotatable bonds is 2. The highest BCUT2D eigenvalue weighted by Crippen LogP contribution is 2.23. The molecule has 2 heterocycles. The van der Waals surface area contributed by atoms with E-state index in [0.29, 0.717) is 12.4 Å². The fourth-order valence-corrected chi connectivity index (χ4v) is 2.35. The van der Waals surface area contributed by atoms with Crippen LogP contribution in [0, 0.1) is 13.8 Å². The van der Waals surface area contributed by atoms with Gasteiger partial charge >= 0.3 is 0 Å². The second kappa shape index (κ2) is 4.68. The van der Waals surface area contributed by atoms with Crippen molar-refractivity contribution >= 4 is 11.0 Å². The lowest BCUT2D eigenvalue weighted by Crippen LogP contribution is -2.05. The summed E-state index contributed by atoms with van der Waals surface area (Å²) >= 11 is 0. The molecule has 1 aromatic carbocycles. The average Bonchev–Trinajstić information content (AvgIpc) is 2.73. The summed E-state index contributed by atoms with van der Waals surface area (Å²) in [6.07, 6.45) is 0. The molecule has 0 radical (unpaired) electrons. The minimum Gasteiger partial charge on any atom is -0.331 e. The maximum absolute atomic E-state index is 5.64. The van der Waals surface area contributed by atoms with Crippen LogP contribution < -0.4 is 5.73 Å². The Labute approximate surface area is 117 Å². The Morgan fingerprint density at radius 3 is 2.65 bits per heavy atom. The molecule has 0 aliphatic rings. The predicted molar refractivity (Wildman–Crippen MR) is 79.1 cm³/mol.